The van der Waals surface area contributed by atoms with Gasteiger partial charge in [-0.05, 0) is 33.6 Å². The molecule has 1 aliphatic rings. The van der Waals surface area contributed by atoms with Crippen molar-refractivity contribution < 1.29 is 22.8 Å². The van der Waals surface area contributed by atoms with Crippen molar-refractivity contribution in [2.24, 2.45) is 5.92 Å². The number of halogens is 3. The van der Waals surface area contributed by atoms with Gasteiger partial charge in [-0.15, -0.1) is 0 Å². The van der Waals surface area contributed by atoms with Gasteiger partial charge in [0.05, 0.1) is 18.5 Å². The maximum Gasteiger partial charge on any atom is 0.393 e. The fourth-order valence-corrected chi connectivity index (χ4v) is 2.11. The molecule has 21 heavy (non-hydrogen) atoms. The van der Waals surface area contributed by atoms with Crippen LogP contribution in [0, 0.1) is 5.92 Å². The Kier molecular flexibility index (Phi) is 5.61. The van der Waals surface area contributed by atoms with Gasteiger partial charge in [0.1, 0.15) is 0 Å². The van der Waals surface area contributed by atoms with Crippen molar-refractivity contribution in [1.29, 1.82) is 0 Å². The lowest BCUT2D eigenvalue weighted by molar-refractivity contribution is -0.180. The summed E-state index contributed by atoms with van der Waals surface area (Å²) in [6.07, 6.45) is -4.21. The molecule has 1 heterocycles. The summed E-state index contributed by atoms with van der Waals surface area (Å²) in [7, 11) is 0. The molecule has 0 saturated carbocycles. The van der Waals surface area contributed by atoms with Crippen LogP contribution < -0.4 is 16.0 Å². The lowest BCUT2D eigenvalue weighted by Gasteiger charge is -2.30. The average Bonchev–Trinajstić information content (AvgIpc) is 2.33. The van der Waals surface area contributed by atoms with Crippen LogP contribution in [0.1, 0.15) is 33.6 Å². The number of carbonyl (C=O) groups excluding carboxylic acids is 2. The number of piperidine rings is 1. The van der Waals surface area contributed by atoms with Crippen LogP contribution in [0.25, 0.3) is 0 Å². The maximum atomic E-state index is 12.5. The van der Waals surface area contributed by atoms with E-state index in [9.17, 15) is 22.8 Å². The van der Waals surface area contributed by atoms with Crippen molar-refractivity contribution in [2.75, 3.05) is 13.1 Å². The van der Waals surface area contributed by atoms with Crippen molar-refractivity contribution in [3.63, 3.8) is 0 Å². The van der Waals surface area contributed by atoms with E-state index in [2.05, 4.69) is 16.0 Å². The van der Waals surface area contributed by atoms with E-state index in [-0.39, 0.29) is 31.8 Å². The van der Waals surface area contributed by atoms with Gasteiger partial charge in [-0.2, -0.15) is 13.2 Å². The molecule has 0 spiro atoms. The van der Waals surface area contributed by atoms with Crippen LogP contribution in [0.5, 0.6) is 0 Å². The van der Waals surface area contributed by atoms with E-state index in [1.165, 1.54) is 0 Å². The van der Waals surface area contributed by atoms with Gasteiger partial charge in [0, 0.05) is 12.1 Å². The second-order valence-corrected chi connectivity index (χ2v) is 6.29. The van der Waals surface area contributed by atoms with Gasteiger partial charge >= 0.3 is 6.18 Å². The van der Waals surface area contributed by atoms with E-state index < -0.39 is 29.6 Å². The molecule has 3 N–H and O–H groups in total. The molecule has 1 saturated heterocycles. The Bertz CT molecular complexity index is 383. The molecule has 2 unspecified atom stereocenters. The van der Waals surface area contributed by atoms with E-state index in [1.807, 2.05) is 20.8 Å². The zero-order valence-corrected chi connectivity index (χ0v) is 12.4. The number of nitrogens with one attached hydrogen (secondary N) is 3. The molecule has 0 aromatic carbocycles. The molecule has 2 amide bonds. The first-order valence-corrected chi connectivity index (χ1v) is 6.88. The monoisotopic (exact) mass is 309 g/mol. The number of alkyl halides is 3. The molecular weight excluding hydrogens is 287 g/mol. The number of carbonyl (C=O) groups is 2. The smallest absolute Gasteiger partial charge is 0.350 e. The topological polar surface area (TPSA) is 70.2 Å². The lowest BCUT2D eigenvalue weighted by atomic mass is 9.94. The summed E-state index contributed by atoms with van der Waals surface area (Å²) in [6, 6.07) is -0.675. The van der Waals surface area contributed by atoms with E-state index in [4.69, 9.17) is 0 Å². The molecule has 122 valence electrons. The van der Waals surface area contributed by atoms with Gasteiger partial charge in [0.25, 0.3) is 0 Å². The molecule has 0 aliphatic carbocycles. The van der Waals surface area contributed by atoms with Gasteiger partial charge in [0.2, 0.25) is 11.8 Å². The molecule has 2 atom stereocenters. The molecule has 1 fully saturated rings. The second-order valence-electron chi connectivity index (χ2n) is 6.29. The fourth-order valence-electron chi connectivity index (χ4n) is 2.11. The summed E-state index contributed by atoms with van der Waals surface area (Å²) in [6.45, 7) is 4.98. The highest BCUT2D eigenvalue weighted by Crippen LogP contribution is 2.31. The maximum absolute atomic E-state index is 12.5. The summed E-state index contributed by atoms with van der Waals surface area (Å²) >= 11 is 0. The van der Waals surface area contributed by atoms with Crippen molar-refractivity contribution in [1.82, 2.24) is 16.0 Å². The predicted molar refractivity (Wildman–Crippen MR) is 71.5 cm³/mol. The predicted octanol–water partition coefficient (Wildman–Crippen LogP) is 0.948. The third-order valence-electron chi connectivity index (χ3n) is 3.13. The van der Waals surface area contributed by atoms with E-state index in [0.29, 0.717) is 0 Å². The lowest BCUT2D eigenvalue weighted by Crippen LogP contribution is -2.53. The van der Waals surface area contributed by atoms with Crippen molar-refractivity contribution >= 4 is 11.8 Å². The van der Waals surface area contributed by atoms with E-state index in [0.717, 1.165) is 0 Å². The Morgan fingerprint density at radius 2 is 1.81 bits per heavy atom. The summed E-state index contributed by atoms with van der Waals surface area (Å²) in [4.78, 5) is 23.3. The summed E-state index contributed by atoms with van der Waals surface area (Å²) in [5.74, 6) is -2.19. The van der Waals surface area contributed by atoms with Crippen LogP contribution in [0.4, 0.5) is 13.2 Å². The minimum Gasteiger partial charge on any atom is -0.350 e. The summed E-state index contributed by atoms with van der Waals surface area (Å²) < 4.78 is 37.5. The second kappa shape index (κ2) is 6.64. The van der Waals surface area contributed by atoms with Crippen LogP contribution in [0.15, 0.2) is 0 Å². The fraction of sp³-hybridized carbons (Fsp3) is 0.846. The quantitative estimate of drug-likeness (QED) is 0.727. The van der Waals surface area contributed by atoms with Crippen LogP contribution in [-0.4, -0.2) is 42.7 Å². The normalized spacial score (nSPS) is 23.5. The summed E-state index contributed by atoms with van der Waals surface area (Å²) in [5.41, 5.74) is -0.398. The molecule has 0 bridgehead atoms. The third-order valence-corrected chi connectivity index (χ3v) is 3.13. The van der Waals surface area contributed by atoms with E-state index >= 15 is 0 Å². The van der Waals surface area contributed by atoms with Crippen molar-refractivity contribution in [3.8, 4) is 0 Å². The molecule has 0 aromatic rings. The highest BCUT2D eigenvalue weighted by Gasteiger charge is 2.42. The van der Waals surface area contributed by atoms with Gasteiger partial charge in [0.15, 0.2) is 0 Å². The van der Waals surface area contributed by atoms with Crippen LogP contribution >= 0.6 is 0 Å². The standard InChI is InChI=1S/C13H22F3N3O2/c1-12(2,3)19-10(20)7-18-11(21)9-5-4-8(6-17-9)13(14,15)16/h8-9,17H,4-7H2,1-3H3,(H,18,21)(H,19,20). The Labute approximate surface area is 122 Å². The van der Waals surface area contributed by atoms with Crippen molar-refractivity contribution in [3.05, 3.63) is 0 Å². The Balaban J connectivity index is 2.33. The first-order chi connectivity index (χ1) is 9.49. The zero-order chi connectivity index (χ0) is 16.3. The molecule has 1 rings (SSSR count). The SMILES string of the molecule is CC(C)(C)NC(=O)CNC(=O)C1CCC(C(F)(F)F)CN1. The van der Waals surface area contributed by atoms with Gasteiger partial charge in [-0.25, -0.2) is 0 Å². The van der Waals surface area contributed by atoms with E-state index in [1.54, 1.807) is 0 Å². The Hall–Kier alpha value is -1.31. The number of hydrogen-bond donors (Lipinski definition) is 3. The highest BCUT2D eigenvalue weighted by molar-refractivity contribution is 5.87. The first kappa shape index (κ1) is 17.7. The molecule has 1 aliphatic heterocycles. The minimum absolute atomic E-state index is 0.0806. The molecule has 0 aromatic heterocycles. The summed E-state index contributed by atoms with van der Waals surface area (Å²) in [5, 5.41) is 7.70. The van der Waals surface area contributed by atoms with Crippen molar-refractivity contribution in [2.45, 2.75) is 51.4 Å². The number of amides is 2. The third kappa shape index (κ3) is 6.33. The van der Waals surface area contributed by atoms with Crippen LogP contribution in [0.2, 0.25) is 0 Å². The number of hydrogen-bond acceptors (Lipinski definition) is 3. The number of rotatable bonds is 3. The van der Waals surface area contributed by atoms with Crippen LogP contribution in [-0.2, 0) is 9.59 Å². The zero-order valence-electron chi connectivity index (χ0n) is 12.4. The Morgan fingerprint density at radius 3 is 2.24 bits per heavy atom. The first-order valence-electron chi connectivity index (χ1n) is 6.88. The molecular formula is C13H22F3N3O2. The molecule has 8 heteroatoms. The average molecular weight is 309 g/mol. The van der Waals surface area contributed by atoms with Crippen LogP contribution in [0.3, 0.4) is 0 Å². The minimum atomic E-state index is -4.24. The van der Waals surface area contributed by atoms with Gasteiger partial charge in [-0.1, -0.05) is 0 Å². The molecule has 5 nitrogen and oxygen atoms in total. The van der Waals surface area contributed by atoms with Gasteiger partial charge < -0.3 is 16.0 Å². The molecule has 0 radical (unpaired) electrons. The van der Waals surface area contributed by atoms with Gasteiger partial charge in [-0.3, -0.25) is 9.59 Å². The highest BCUT2D eigenvalue weighted by atomic mass is 19.4. The largest absolute Gasteiger partial charge is 0.393 e. The Morgan fingerprint density at radius 1 is 1.19 bits per heavy atom.